The van der Waals surface area contributed by atoms with E-state index in [2.05, 4.69) is 29.7 Å². The van der Waals surface area contributed by atoms with Crippen molar-refractivity contribution in [2.24, 2.45) is 0 Å². The van der Waals surface area contributed by atoms with E-state index in [-0.39, 0.29) is 11.7 Å². The van der Waals surface area contributed by atoms with Gasteiger partial charge in [-0.15, -0.1) is 0 Å². The molecule has 2 amide bonds. The fraction of sp³-hybridized carbons (Fsp3) is 0.261. The molecule has 3 heterocycles. The molecule has 5 rings (SSSR count). The summed E-state index contributed by atoms with van der Waals surface area (Å²) in [6.07, 6.45) is 0.290. The largest absolute Gasteiger partial charge is 0.343 e. The van der Waals surface area contributed by atoms with Crippen molar-refractivity contribution in [1.29, 1.82) is 0 Å². The topological polar surface area (TPSA) is 143 Å². The van der Waals surface area contributed by atoms with E-state index >= 15 is 0 Å². The monoisotopic (exact) mass is 506 g/mol. The van der Waals surface area contributed by atoms with Crippen molar-refractivity contribution < 1.29 is 14.2 Å². The number of nitro benzene ring substituents is 1. The molecule has 0 unspecified atom stereocenters. The molecule has 1 fully saturated rings. The van der Waals surface area contributed by atoms with Crippen LogP contribution in [0.15, 0.2) is 53.1 Å². The molecule has 2 aromatic heterocycles. The van der Waals surface area contributed by atoms with Crippen LogP contribution in [0, 0.1) is 17.0 Å². The number of carbonyl (C=O) groups is 1. The number of anilines is 2. The zero-order chi connectivity index (χ0) is 25.1. The van der Waals surface area contributed by atoms with Crippen molar-refractivity contribution in [3.8, 4) is 11.4 Å². The van der Waals surface area contributed by atoms with Gasteiger partial charge in [-0.1, -0.05) is 35.5 Å². The highest BCUT2D eigenvalue weighted by molar-refractivity contribution is 7.09. The van der Waals surface area contributed by atoms with Crippen LogP contribution >= 0.6 is 11.5 Å². The van der Waals surface area contributed by atoms with Gasteiger partial charge in [0.2, 0.25) is 16.8 Å². The molecule has 184 valence electrons. The fourth-order valence-corrected chi connectivity index (χ4v) is 4.65. The van der Waals surface area contributed by atoms with Crippen molar-refractivity contribution in [2.75, 3.05) is 36.4 Å². The van der Waals surface area contributed by atoms with E-state index in [1.807, 2.05) is 18.2 Å². The van der Waals surface area contributed by atoms with Gasteiger partial charge in [0.05, 0.1) is 4.92 Å². The lowest BCUT2D eigenvalue weighted by Gasteiger charge is -2.34. The minimum absolute atomic E-state index is 0.0615. The molecule has 12 nitrogen and oxygen atoms in total. The molecule has 13 heteroatoms. The van der Waals surface area contributed by atoms with Crippen LogP contribution in [-0.2, 0) is 6.42 Å². The number of urea groups is 1. The van der Waals surface area contributed by atoms with Crippen LogP contribution in [0.1, 0.15) is 17.3 Å². The molecule has 4 aromatic rings. The summed E-state index contributed by atoms with van der Waals surface area (Å²) in [5.41, 5.74) is 2.03. The van der Waals surface area contributed by atoms with Crippen LogP contribution in [0.2, 0.25) is 0 Å². The lowest BCUT2D eigenvalue weighted by molar-refractivity contribution is -0.385. The van der Waals surface area contributed by atoms with Crippen LogP contribution < -0.4 is 10.2 Å². The molecule has 0 bridgehead atoms. The van der Waals surface area contributed by atoms with E-state index in [9.17, 15) is 14.9 Å². The highest BCUT2D eigenvalue weighted by Crippen LogP contribution is 2.25. The number of amides is 2. The molecule has 0 aliphatic carbocycles. The van der Waals surface area contributed by atoms with E-state index in [4.69, 9.17) is 4.52 Å². The van der Waals surface area contributed by atoms with Crippen molar-refractivity contribution in [3.63, 3.8) is 0 Å². The zero-order valence-corrected chi connectivity index (χ0v) is 20.1. The molecule has 0 atom stereocenters. The Morgan fingerprint density at radius 3 is 2.69 bits per heavy atom. The van der Waals surface area contributed by atoms with Gasteiger partial charge in [-0.3, -0.25) is 10.1 Å². The van der Waals surface area contributed by atoms with Gasteiger partial charge in [0, 0.05) is 73.9 Å². The minimum atomic E-state index is -0.394. The Morgan fingerprint density at radius 1 is 1.14 bits per heavy atom. The lowest BCUT2D eigenvalue weighted by Crippen LogP contribution is -2.50. The predicted octanol–water partition coefficient (Wildman–Crippen LogP) is 3.75. The third-order valence-corrected chi connectivity index (χ3v) is 6.55. The molecule has 1 aliphatic heterocycles. The second kappa shape index (κ2) is 10.1. The Bertz CT molecular complexity index is 1400. The molecule has 0 spiro atoms. The third-order valence-electron chi connectivity index (χ3n) is 5.73. The zero-order valence-electron chi connectivity index (χ0n) is 19.3. The third kappa shape index (κ3) is 5.15. The number of benzene rings is 2. The number of nitrogens with zero attached hydrogens (tertiary/aromatic N) is 7. The Labute approximate surface area is 209 Å². The summed E-state index contributed by atoms with van der Waals surface area (Å²) in [4.78, 5) is 36.3. The fourth-order valence-electron chi connectivity index (χ4n) is 3.91. The van der Waals surface area contributed by atoms with E-state index in [0.717, 1.165) is 10.7 Å². The number of hydrogen-bond acceptors (Lipinski definition) is 10. The molecule has 0 saturated carbocycles. The van der Waals surface area contributed by atoms with Gasteiger partial charge in [0.1, 0.15) is 5.82 Å². The predicted molar refractivity (Wildman–Crippen MR) is 133 cm³/mol. The highest BCUT2D eigenvalue weighted by atomic mass is 32.1. The minimum Gasteiger partial charge on any atom is -0.343 e. The number of piperazine rings is 1. The number of nitrogens with one attached hydrogen (secondary N) is 1. The number of rotatable bonds is 6. The summed E-state index contributed by atoms with van der Waals surface area (Å²) < 4.78 is 9.42. The molecular weight excluding hydrogens is 484 g/mol. The average Bonchev–Trinajstić information content (AvgIpc) is 3.54. The first kappa shape index (κ1) is 23.4. The van der Waals surface area contributed by atoms with Crippen LogP contribution in [0.3, 0.4) is 0 Å². The number of nitro groups is 1. The van der Waals surface area contributed by atoms with Crippen LogP contribution in [0.4, 0.5) is 21.3 Å². The van der Waals surface area contributed by atoms with Crippen molar-refractivity contribution >= 4 is 34.1 Å². The van der Waals surface area contributed by atoms with Crippen molar-refractivity contribution in [1.82, 2.24) is 24.4 Å². The quantitative estimate of drug-likeness (QED) is 0.305. The molecular formula is C23H22N8O4S. The van der Waals surface area contributed by atoms with Crippen LogP contribution in [0.5, 0.6) is 0 Å². The smallest absolute Gasteiger partial charge is 0.321 e. The SMILES string of the molecule is Cc1nc(-c2cccc(NC(=O)N3CCN(c4nc(Cc5ccccc5[N+](=O)[O-])ns4)CC3)c2)no1. The summed E-state index contributed by atoms with van der Waals surface area (Å²) >= 11 is 1.26. The maximum atomic E-state index is 12.8. The first-order valence-electron chi connectivity index (χ1n) is 11.2. The molecule has 1 N–H and O–H groups in total. The van der Waals surface area contributed by atoms with Gasteiger partial charge in [-0.25, -0.2) is 9.78 Å². The van der Waals surface area contributed by atoms with Gasteiger partial charge >= 0.3 is 6.03 Å². The average molecular weight is 507 g/mol. The van der Waals surface area contributed by atoms with Gasteiger partial charge in [0.25, 0.3) is 5.69 Å². The number of aryl methyl sites for hydroxylation is 1. The first-order chi connectivity index (χ1) is 17.5. The molecule has 0 radical (unpaired) electrons. The number of aromatic nitrogens is 4. The number of hydrogen-bond donors (Lipinski definition) is 1. The Balaban J connectivity index is 1.17. The first-order valence-corrected chi connectivity index (χ1v) is 12.0. The molecule has 36 heavy (non-hydrogen) atoms. The van der Waals surface area contributed by atoms with Gasteiger partial charge < -0.3 is 19.6 Å². The lowest BCUT2D eigenvalue weighted by atomic mass is 10.1. The Kier molecular flexibility index (Phi) is 6.54. The van der Waals surface area contributed by atoms with Gasteiger partial charge in [-0.2, -0.15) is 9.36 Å². The standard InChI is InChI=1S/C23H22N8O4S/c1-15-24-21(27-35-15)17-6-4-7-18(13-17)25-22(32)29-9-11-30(12-10-29)23-26-20(28-36-23)14-16-5-2-3-8-19(16)31(33)34/h2-8,13H,9-12,14H2,1H3,(H,25,32). The van der Waals surface area contributed by atoms with E-state index in [1.54, 1.807) is 36.1 Å². The summed E-state index contributed by atoms with van der Waals surface area (Å²) in [5.74, 6) is 1.48. The van der Waals surface area contributed by atoms with E-state index in [0.29, 0.717) is 61.4 Å². The van der Waals surface area contributed by atoms with Gasteiger partial charge in [-0.05, 0) is 12.1 Å². The summed E-state index contributed by atoms with van der Waals surface area (Å²) in [6, 6.07) is 13.7. The normalized spacial score (nSPS) is 13.6. The van der Waals surface area contributed by atoms with Crippen LogP contribution in [-0.4, -0.2) is 61.5 Å². The van der Waals surface area contributed by atoms with E-state index in [1.165, 1.54) is 17.6 Å². The number of para-hydroxylation sites is 1. The van der Waals surface area contributed by atoms with E-state index < -0.39 is 4.92 Å². The second-order valence-electron chi connectivity index (χ2n) is 8.18. The maximum Gasteiger partial charge on any atom is 0.321 e. The maximum absolute atomic E-state index is 12.8. The highest BCUT2D eigenvalue weighted by Gasteiger charge is 2.24. The van der Waals surface area contributed by atoms with Gasteiger partial charge in [0.15, 0.2) is 0 Å². The Morgan fingerprint density at radius 2 is 1.94 bits per heavy atom. The molecule has 2 aromatic carbocycles. The second-order valence-corrected chi connectivity index (χ2v) is 8.91. The van der Waals surface area contributed by atoms with Crippen molar-refractivity contribution in [3.05, 3.63) is 75.9 Å². The Hall–Kier alpha value is -4.39. The van der Waals surface area contributed by atoms with Crippen molar-refractivity contribution in [2.45, 2.75) is 13.3 Å². The summed E-state index contributed by atoms with van der Waals surface area (Å²) in [7, 11) is 0. The number of carbonyl (C=O) groups excluding carboxylic acids is 1. The van der Waals surface area contributed by atoms with Crippen LogP contribution in [0.25, 0.3) is 11.4 Å². The molecule has 1 aliphatic rings. The summed E-state index contributed by atoms with van der Waals surface area (Å²) in [5, 5.41) is 18.8. The summed E-state index contributed by atoms with van der Waals surface area (Å²) in [6.45, 7) is 3.98. The molecule has 1 saturated heterocycles.